The van der Waals surface area contributed by atoms with Crippen LogP contribution in [0.3, 0.4) is 0 Å². The van der Waals surface area contributed by atoms with E-state index in [9.17, 15) is 4.79 Å². The molecule has 2 N–H and O–H groups in total. The molecule has 0 spiro atoms. The van der Waals surface area contributed by atoms with E-state index in [1.54, 1.807) is 12.1 Å². The quantitative estimate of drug-likeness (QED) is 0.871. The van der Waals surface area contributed by atoms with Gasteiger partial charge < -0.3 is 15.4 Å². The second kappa shape index (κ2) is 6.37. The van der Waals surface area contributed by atoms with Gasteiger partial charge >= 0.3 is 0 Å². The summed E-state index contributed by atoms with van der Waals surface area (Å²) in [6.45, 7) is 8.58. The number of piperidine rings is 1. The van der Waals surface area contributed by atoms with Gasteiger partial charge in [-0.15, -0.1) is 0 Å². The topological polar surface area (TPSA) is 55.6 Å². The number of amides is 1. The number of hydrogen-bond donors (Lipinski definition) is 1. The molecule has 1 saturated heterocycles. The minimum atomic E-state index is 0.0600. The van der Waals surface area contributed by atoms with Crippen LogP contribution in [-0.2, 0) is 4.79 Å². The third-order valence-corrected chi connectivity index (χ3v) is 4.29. The highest BCUT2D eigenvalue weighted by molar-refractivity contribution is 5.77. The maximum absolute atomic E-state index is 12.2. The van der Waals surface area contributed by atoms with Gasteiger partial charge in [0.2, 0.25) is 0 Å². The summed E-state index contributed by atoms with van der Waals surface area (Å²) in [5.41, 5.74) is 6.66. The van der Waals surface area contributed by atoms with E-state index < -0.39 is 0 Å². The predicted molar refractivity (Wildman–Crippen MR) is 85.1 cm³/mol. The number of carbonyl (C=O) groups excluding carboxylic acids is 1. The first-order valence-corrected chi connectivity index (χ1v) is 7.62. The van der Waals surface area contributed by atoms with Crippen molar-refractivity contribution in [1.82, 2.24) is 4.90 Å². The van der Waals surface area contributed by atoms with E-state index in [2.05, 4.69) is 20.8 Å². The fraction of sp³-hybridized carbons (Fsp3) is 0.588. The molecule has 116 valence electrons. The molecule has 1 fully saturated rings. The molecule has 1 aromatic carbocycles. The van der Waals surface area contributed by atoms with Crippen molar-refractivity contribution in [2.75, 3.05) is 25.4 Å². The molecule has 1 amide bonds. The zero-order valence-corrected chi connectivity index (χ0v) is 13.3. The Kier molecular flexibility index (Phi) is 4.76. The van der Waals surface area contributed by atoms with E-state index in [0.29, 0.717) is 22.8 Å². The molecule has 1 aromatic rings. The van der Waals surface area contributed by atoms with Gasteiger partial charge in [0.25, 0.3) is 5.91 Å². The van der Waals surface area contributed by atoms with Gasteiger partial charge in [-0.05, 0) is 36.3 Å². The van der Waals surface area contributed by atoms with Crippen molar-refractivity contribution in [3.63, 3.8) is 0 Å². The molecule has 4 nitrogen and oxygen atoms in total. The van der Waals surface area contributed by atoms with Crippen LogP contribution in [-0.4, -0.2) is 30.5 Å². The molecular weight excluding hydrogens is 264 g/mol. The summed E-state index contributed by atoms with van der Waals surface area (Å²) in [5.74, 6) is 1.40. The number of nitrogens with zero attached hydrogens (tertiary/aromatic N) is 1. The SMILES string of the molecule is CC(C)(C)C1CCN(C(=O)COc2cccc(N)c2)CC1. The number of anilines is 1. The minimum absolute atomic E-state index is 0.0600. The van der Waals surface area contributed by atoms with Crippen LogP contribution in [0.4, 0.5) is 5.69 Å². The normalized spacial score (nSPS) is 16.8. The van der Waals surface area contributed by atoms with E-state index in [1.807, 2.05) is 17.0 Å². The maximum atomic E-state index is 12.2. The number of ether oxygens (including phenoxy) is 1. The zero-order chi connectivity index (χ0) is 15.5. The molecule has 1 aliphatic rings. The Labute approximate surface area is 127 Å². The lowest BCUT2D eigenvalue weighted by atomic mass is 9.75. The number of nitrogen functional groups attached to an aromatic ring is 1. The fourth-order valence-corrected chi connectivity index (χ4v) is 2.84. The molecule has 21 heavy (non-hydrogen) atoms. The van der Waals surface area contributed by atoms with Gasteiger partial charge in [0.05, 0.1) is 0 Å². The Morgan fingerprint density at radius 3 is 2.57 bits per heavy atom. The van der Waals surface area contributed by atoms with Crippen LogP contribution in [0.5, 0.6) is 5.75 Å². The first kappa shape index (κ1) is 15.7. The van der Waals surface area contributed by atoms with Gasteiger partial charge in [-0.3, -0.25) is 4.79 Å². The average molecular weight is 290 g/mol. The molecule has 0 bridgehead atoms. The largest absolute Gasteiger partial charge is 0.484 e. The van der Waals surface area contributed by atoms with Crippen molar-refractivity contribution in [2.24, 2.45) is 11.3 Å². The Hall–Kier alpha value is -1.71. The number of carbonyl (C=O) groups is 1. The summed E-state index contributed by atoms with van der Waals surface area (Å²) >= 11 is 0. The lowest BCUT2D eigenvalue weighted by Crippen LogP contribution is -2.43. The third kappa shape index (κ3) is 4.38. The zero-order valence-electron chi connectivity index (χ0n) is 13.3. The third-order valence-electron chi connectivity index (χ3n) is 4.29. The minimum Gasteiger partial charge on any atom is -0.484 e. The van der Waals surface area contributed by atoms with Crippen molar-refractivity contribution in [1.29, 1.82) is 0 Å². The van der Waals surface area contributed by atoms with Crippen LogP contribution in [0.1, 0.15) is 33.6 Å². The summed E-state index contributed by atoms with van der Waals surface area (Å²) in [7, 11) is 0. The monoisotopic (exact) mass is 290 g/mol. The van der Waals surface area contributed by atoms with E-state index in [0.717, 1.165) is 25.9 Å². The van der Waals surface area contributed by atoms with Crippen molar-refractivity contribution in [3.05, 3.63) is 24.3 Å². The first-order chi connectivity index (χ1) is 9.86. The summed E-state index contributed by atoms with van der Waals surface area (Å²) < 4.78 is 5.52. The van der Waals surface area contributed by atoms with E-state index in [1.165, 1.54) is 0 Å². The van der Waals surface area contributed by atoms with E-state index >= 15 is 0 Å². The number of benzene rings is 1. The van der Waals surface area contributed by atoms with Crippen molar-refractivity contribution >= 4 is 11.6 Å². The molecule has 1 aliphatic heterocycles. The summed E-state index contributed by atoms with van der Waals surface area (Å²) in [5, 5.41) is 0. The first-order valence-electron chi connectivity index (χ1n) is 7.62. The fourth-order valence-electron chi connectivity index (χ4n) is 2.84. The van der Waals surface area contributed by atoms with Gasteiger partial charge in [0.15, 0.2) is 6.61 Å². The molecule has 0 atom stereocenters. The summed E-state index contributed by atoms with van der Waals surface area (Å²) in [6, 6.07) is 7.17. The maximum Gasteiger partial charge on any atom is 0.260 e. The van der Waals surface area contributed by atoms with Crippen LogP contribution in [0, 0.1) is 11.3 Å². The van der Waals surface area contributed by atoms with Gasteiger partial charge in [0.1, 0.15) is 5.75 Å². The molecule has 4 heteroatoms. The van der Waals surface area contributed by atoms with Crippen LogP contribution in [0.2, 0.25) is 0 Å². The lowest BCUT2D eigenvalue weighted by Gasteiger charge is -2.38. The van der Waals surface area contributed by atoms with Crippen molar-refractivity contribution < 1.29 is 9.53 Å². The molecule has 0 aliphatic carbocycles. The number of hydrogen-bond acceptors (Lipinski definition) is 3. The molecule has 0 radical (unpaired) electrons. The average Bonchev–Trinajstić information content (AvgIpc) is 2.44. The highest BCUT2D eigenvalue weighted by atomic mass is 16.5. The molecule has 0 aromatic heterocycles. The predicted octanol–water partition coefficient (Wildman–Crippen LogP) is 2.93. The molecular formula is C17H26N2O2. The Morgan fingerprint density at radius 1 is 1.33 bits per heavy atom. The molecule has 2 rings (SSSR count). The standard InChI is InChI=1S/C17H26N2O2/c1-17(2,3)13-7-9-19(10-8-13)16(20)12-21-15-6-4-5-14(18)11-15/h4-6,11,13H,7-10,12,18H2,1-3H3. The Bertz CT molecular complexity index is 486. The number of likely N-dealkylation sites (tertiary alicyclic amines) is 1. The highest BCUT2D eigenvalue weighted by Crippen LogP contribution is 2.34. The van der Waals surface area contributed by atoms with Gasteiger partial charge in [-0.2, -0.15) is 0 Å². The molecule has 1 heterocycles. The highest BCUT2D eigenvalue weighted by Gasteiger charge is 2.30. The van der Waals surface area contributed by atoms with E-state index in [-0.39, 0.29) is 12.5 Å². The summed E-state index contributed by atoms with van der Waals surface area (Å²) in [6.07, 6.45) is 2.15. The van der Waals surface area contributed by atoms with E-state index in [4.69, 9.17) is 10.5 Å². The smallest absolute Gasteiger partial charge is 0.260 e. The van der Waals surface area contributed by atoms with Crippen molar-refractivity contribution in [3.8, 4) is 5.75 Å². The number of rotatable bonds is 3. The van der Waals surface area contributed by atoms with Crippen LogP contribution >= 0.6 is 0 Å². The van der Waals surface area contributed by atoms with Gasteiger partial charge in [-0.1, -0.05) is 26.8 Å². The molecule has 0 unspecified atom stereocenters. The second-order valence-corrected chi connectivity index (χ2v) is 6.88. The van der Waals surface area contributed by atoms with Gasteiger partial charge in [0, 0.05) is 24.8 Å². The van der Waals surface area contributed by atoms with Crippen molar-refractivity contribution in [2.45, 2.75) is 33.6 Å². The Balaban J connectivity index is 1.80. The second-order valence-electron chi connectivity index (χ2n) is 6.88. The lowest BCUT2D eigenvalue weighted by molar-refractivity contribution is -0.135. The van der Waals surface area contributed by atoms with Gasteiger partial charge in [-0.25, -0.2) is 0 Å². The van der Waals surface area contributed by atoms with Crippen LogP contribution < -0.4 is 10.5 Å². The van der Waals surface area contributed by atoms with Crippen LogP contribution in [0.25, 0.3) is 0 Å². The summed E-state index contributed by atoms with van der Waals surface area (Å²) in [4.78, 5) is 14.1. The van der Waals surface area contributed by atoms with Crippen LogP contribution in [0.15, 0.2) is 24.3 Å². The Morgan fingerprint density at radius 2 is 2.00 bits per heavy atom. The number of nitrogens with two attached hydrogens (primary N) is 1. The molecule has 0 saturated carbocycles.